The van der Waals surface area contributed by atoms with Gasteiger partial charge in [-0.3, -0.25) is 4.79 Å². The van der Waals surface area contributed by atoms with Crippen LogP contribution < -0.4 is 16.2 Å². The zero-order valence-electron chi connectivity index (χ0n) is 11.5. The first-order chi connectivity index (χ1) is 9.90. The minimum atomic E-state index is -3.69. The highest BCUT2D eigenvalue weighted by Gasteiger charge is 2.20. The van der Waals surface area contributed by atoms with E-state index in [1.807, 2.05) is 0 Å². The lowest BCUT2D eigenvalue weighted by Crippen LogP contribution is -2.27. The first kappa shape index (κ1) is 15.7. The minimum absolute atomic E-state index is 0.00278. The van der Waals surface area contributed by atoms with Gasteiger partial charge >= 0.3 is 0 Å². The van der Waals surface area contributed by atoms with E-state index in [-0.39, 0.29) is 16.1 Å². The van der Waals surface area contributed by atoms with Crippen molar-refractivity contribution in [2.24, 2.45) is 11.7 Å². The fraction of sp³-hybridized carbons (Fsp3) is 0.462. The molecule has 0 saturated carbocycles. The monoisotopic (exact) mass is 313 g/mol. The maximum Gasteiger partial charge on any atom is 0.248 e. The molecule has 1 aromatic rings. The van der Waals surface area contributed by atoms with Crippen LogP contribution in [0.25, 0.3) is 0 Å². The molecule has 1 fully saturated rings. The predicted octanol–water partition coefficient (Wildman–Crippen LogP) is 0.0726. The highest BCUT2D eigenvalue weighted by Crippen LogP contribution is 2.20. The SMILES string of the molecule is NC(=O)c1ccc(S(=O)(=O)NCCC2CCOC2)c(N)c1. The molecule has 1 atom stereocenters. The van der Waals surface area contributed by atoms with Crippen molar-refractivity contribution in [1.82, 2.24) is 4.72 Å². The van der Waals surface area contributed by atoms with Crippen molar-refractivity contribution in [3.05, 3.63) is 23.8 Å². The summed E-state index contributed by atoms with van der Waals surface area (Å²) in [4.78, 5) is 11.0. The second-order valence-corrected chi connectivity index (χ2v) is 6.77. The van der Waals surface area contributed by atoms with Crippen LogP contribution in [0.4, 0.5) is 5.69 Å². The second-order valence-electron chi connectivity index (χ2n) is 5.03. The van der Waals surface area contributed by atoms with Crippen molar-refractivity contribution >= 4 is 21.6 Å². The van der Waals surface area contributed by atoms with Crippen LogP contribution in [-0.2, 0) is 14.8 Å². The van der Waals surface area contributed by atoms with E-state index < -0.39 is 15.9 Å². The van der Waals surface area contributed by atoms with Crippen molar-refractivity contribution in [2.45, 2.75) is 17.7 Å². The molecule has 5 N–H and O–H groups in total. The quantitative estimate of drug-likeness (QED) is 0.641. The summed E-state index contributed by atoms with van der Waals surface area (Å²) in [5.41, 5.74) is 11.0. The summed E-state index contributed by atoms with van der Waals surface area (Å²) in [6.45, 7) is 1.74. The van der Waals surface area contributed by atoms with Crippen LogP contribution in [0.3, 0.4) is 0 Å². The maximum absolute atomic E-state index is 12.2. The average Bonchev–Trinajstić information content (AvgIpc) is 2.91. The van der Waals surface area contributed by atoms with E-state index in [1.54, 1.807) is 0 Å². The number of carbonyl (C=O) groups excluding carboxylic acids is 1. The molecular weight excluding hydrogens is 294 g/mol. The van der Waals surface area contributed by atoms with E-state index in [4.69, 9.17) is 16.2 Å². The molecule has 0 aromatic heterocycles. The van der Waals surface area contributed by atoms with Crippen LogP contribution in [-0.4, -0.2) is 34.1 Å². The first-order valence-corrected chi connectivity index (χ1v) is 8.15. The third kappa shape index (κ3) is 3.93. The van der Waals surface area contributed by atoms with Crippen molar-refractivity contribution < 1.29 is 17.9 Å². The Hall–Kier alpha value is -1.64. The molecule has 1 amide bonds. The molecule has 0 radical (unpaired) electrons. The Bertz CT molecular complexity index is 624. The first-order valence-electron chi connectivity index (χ1n) is 6.67. The van der Waals surface area contributed by atoms with Gasteiger partial charge in [-0.05, 0) is 37.0 Å². The molecule has 8 heteroatoms. The largest absolute Gasteiger partial charge is 0.398 e. The third-order valence-electron chi connectivity index (χ3n) is 3.45. The molecule has 2 rings (SSSR count). The van der Waals surface area contributed by atoms with Crippen LogP contribution in [0.5, 0.6) is 0 Å². The van der Waals surface area contributed by atoms with Crippen LogP contribution >= 0.6 is 0 Å². The summed E-state index contributed by atoms with van der Waals surface area (Å²) >= 11 is 0. The number of ether oxygens (including phenoxy) is 1. The Morgan fingerprint density at radius 1 is 1.43 bits per heavy atom. The predicted molar refractivity (Wildman–Crippen MR) is 78.1 cm³/mol. The number of carbonyl (C=O) groups is 1. The van der Waals surface area contributed by atoms with Crippen molar-refractivity contribution in [3.8, 4) is 0 Å². The number of rotatable bonds is 6. The summed E-state index contributed by atoms with van der Waals surface area (Å²) in [6, 6.07) is 3.90. The zero-order valence-corrected chi connectivity index (χ0v) is 12.4. The van der Waals surface area contributed by atoms with E-state index in [0.717, 1.165) is 19.4 Å². The van der Waals surface area contributed by atoms with Gasteiger partial charge in [0.25, 0.3) is 0 Å². The van der Waals surface area contributed by atoms with Gasteiger partial charge in [0.05, 0.1) is 5.69 Å². The average molecular weight is 313 g/mol. The lowest BCUT2D eigenvalue weighted by molar-refractivity contribution is 0.1000. The molecule has 1 unspecified atom stereocenters. The van der Waals surface area contributed by atoms with Gasteiger partial charge < -0.3 is 16.2 Å². The number of anilines is 1. The van der Waals surface area contributed by atoms with E-state index in [1.165, 1.54) is 18.2 Å². The van der Waals surface area contributed by atoms with E-state index >= 15 is 0 Å². The number of hydrogen-bond donors (Lipinski definition) is 3. The number of sulfonamides is 1. The molecule has 1 aliphatic heterocycles. The number of benzene rings is 1. The summed E-state index contributed by atoms with van der Waals surface area (Å²) < 4.78 is 32.1. The van der Waals surface area contributed by atoms with Gasteiger partial charge in [0, 0.05) is 25.3 Å². The Morgan fingerprint density at radius 3 is 2.76 bits per heavy atom. The van der Waals surface area contributed by atoms with Crippen LogP contribution in [0.15, 0.2) is 23.1 Å². The summed E-state index contributed by atoms with van der Waals surface area (Å²) in [6.07, 6.45) is 1.68. The Morgan fingerprint density at radius 2 is 2.19 bits per heavy atom. The van der Waals surface area contributed by atoms with E-state index in [0.29, 0.717) is 19.1 Å². The lowest BCUT2D eigenvalue weighted by atomic mass is 10.1. The molecule has 0 spiro atoms. The van der Waals surface area contributed by atoms with Crippen LogP contribution in [0.2, 0.25) is 0 Å². The van der Waals surface area contributed by atoms with Crippen LogP contribution in [0.1, 0.15) is 23.2 Å². The molecule has 0 bridgehead atoms. The number of primary amides is 1. The molecule has 1 aromatic carbocycles. The number of hydrogen-bond acceptors (Lipinski definition) is 5. The zero-order chi connectivity index (χ0) is 15.5. The number of nitrogen functional groups attached to an aromatic ring is 1. The lowest BCUT2D eigenvalue weighted by Gasteiger charge is -2.11. The van der Waals surface area contributed by atoms with Gasteiger partial charge in [0.2, 0.25) is 15.9 Å². The number of nitrogens with two attached hydrogens (primary N) is 2. The van der Waals surface area contributed by atoms with Gasteiger partial charge in [-0.25, -0.2) is 13.1 Å². The molecule has 21 heavy (non-hydrogen) atoms. The van der Waals surface area contributed by atoms with Gasteiger partial charge in [0.1, 0.15) is 4.90 Å². The molecule has 0 aliphatic carbocycles. The van der Waals surface area contributed by atoms with Crippen molar-refractivity contribution in [2.75, 3.05) is 25.5 Å². The normalized spacial score (nSPS) is 18.8. The summed E-state index contributed by atoms with van der Waals surface area (Å²) in [5, 5.41) is 0. The van der Waals surface area contributed by atoms with E-state index in [9.17, 15) is 13.2 Å². The molecule has 7 nitrogen and oxygen atoms in total. The fourth-order valence-electron chi connectivity index (χ4n) is 2.23. The number of nitrogens with one attached hydrogen (secondary N) is 1. The topological polar surface area (TPSA) is 125 Å². The smallest absolute Gasteiger partial charge is 0.248 e. The fourth-order valence-corrected chi connectivity index (χ4v) is 3.39. The van der Waals surface area contributed by atoms with Gasteiger partial charge in [0.15, 0.2) is 0 Å². The van der Waals surface area contributed by atoms with Gasteiger partial charge in [-0.1, -0.05) is 0 Å². The molecule has 1 heterocycles. The van der Waals surface area contributed by atoms with Crippen LogP contribution in [0, 0.1) is 5.92 Å². The Labute approximate surface area is 123 Å². The van der Waals surface area contributed by atoms with Crippen molar-refractivity contribution in [1.29, 1.82) is 0 Å². The summed E-state index contributed by atoms with van der Waals surface area (Å²) in [7, 11) is -3.69. The Balaban J connectivity index is 2.03. The molecule has 1 saturated heterocycles. The molecule has 116 valence electrons. The van der Waals surface area contributed by atoms with E-state index in [2.05, 4.69) is 4.72 Å². The highest BCUT2D eigenvalue weighted by atomic mass is 32.2. The minimum Gasteiger partial charge on any atom is -0.398 e. The number of amides is 1. The standard InChI is InChI=1S/C13H19N3O4S/c14-11-7-10(13(15)17)1-2-12(11)21(18,19)16-5-3-9-4-6-20-8-9/h1-2,7,9,16H,3-6,8,14H2,(H2,15,17). The molecular formula is C13H19N3O4S. The van der Waals surface area contributed by atoms with Crippen molar-refractivity contribution in [3.63, 3.8) is 0 Å². The van der Waals surface area contributed by atoms with Gasteiger partial charge in [-0.15, -0.1) is 0 Å². The highest BCUT2D eigenvalue weighted by molar-refractivity contribution is 7.89. The molecule has 1 aliphatic rings. The second kappa shape index (κ2) is 6.42. The Kier molecular flexibility index (Phi) is 4.81. The summed E-state index contributed by atoms with van der Waals surface area (Å²) in [5.74, 6) is -0.262. The third-order valence-corrected chi connectivity index (χ3v) is 4.99. The maximum atomic E-state index is 12.2. The van der Waals surface area contributed by atoms with Gasteiger partial charge in [-0.2, -0.15) is 0 Å².